The van der Waals surface area contributed by atoms with Crippen LogP contribution in [0.4, 0.5) is 0 Å². The van der Waals surface area contributed by atoms with Gasteiger partial charge >= 0.3 is 0 Å². The summed E-state index contributed by atoms with van der Waals surface area (Å²) < 4.78 is 1.90. The van der Waals surface area contributed by atoms with Gasteiger partial charge in [0.05, 0.1) is 18.1 Å². The lowest BCUT2D eigenvalue weighted by Gasteiger charge is -2.11. The molecule has 2 aromatic heterocycles. The van der Waals surface area contributed by atoms with E-state index in [4.69, 9.17) is 11.6 Å². The zero-order chi connectivity index (χ0) is 11.8. The summed E-state index contributed by atoms with van der Waals surface area (Å²) in [6.45, 7) is 3.04. The topological polar surface area (TPSA) is 55.6 Å². The van der Waals surface area contributed by atoms with Crippen molar-refractivity contribution in [2.24, 2.45) is 0 Å². The van der Waals surface area contributed by atoms with E-state index in [1.165, 1.54) is 12.8 Å². The Morgan fingerprint density at radius 2 is 2.35 bits per heavy atom. The van der Waals surface area contributed by atoms with Crippen molar-refractivity contribution in [1.82, 2.24) is 25.1 Å². The summed E-state index contributed by atoms with van der Waals surface area (Å²) in [5, 5.41) is 9.08. The van der Waals surface area contributed by atoms with Gasteiger partial charge in [0.1, 0.15) is 0 Å². The Bertz CT molecular complexity index is 538. The molecule has 0 spiro atoms. The minimum absolute atomic E-state index is 0.270. The molecule has 90 valence electrons. The predicted octanol–water partition coefficient (Wildman–Crippen LogP) is 1.62. The third-order valence-corrected chi connectivity index (χ3v) is 3.39. The molecule has 0 amide bonds. The third kappa shape index (κ3) is 2.12. The SMILES string of the molecule is C[C@H]1CC[C@@H](Cn2ncc3cnc(Cl)nc32)N1. The minimum Gasteiger partial charge on any atom is -0.310 e. The van der Waals surface area contributed by atoms with Gasteiger partial charge in [-0.25, -0.2) is 9.67 Å². The van der Waals surface area contributed by atoms with Crippen LogP contribution in [0.3, 0.4) is 0 Å². The Balaban J connectivity index is 1.87. The second-order valence-corrected chi connectivity index (χ2v) is 4.92. The number of halogens is 1. The van der Waals surface area contributed by atoms with Crippen molar-refractivity contribution in [2.45, 2.75) is 38.4 Å². The first kappa shape index (κ1) is 10.9. The molecule has 0 unspecified atom stereocenters. The highest BCUT2D eigenvalue weighted by Gasteiger charge is 2.21. The third-order valence-electron chi connectivity index (χ3n) is 3.21. The molecule has 3 heterocycles. The summed E-state index contributed by atoms with van der Waals surface area (Å²) in [4.78, 5) is 8.17. The second-order valence-electron chi connectivity index (χ2n) is 4.59. The second kappa shape index (κ2) is 4.23. The van der Waals surface area contributed by atoms with Crippen LogP contribution in [0.25, 0.3) is 11.0 Å². The van der Waals surface area contributed by atoms with Crippen LogP contribution in [0, 0.1) is 0 Å². The van der Waals surface area contributed by atoms with Crippen molar-refractivity contribution in [1.29, 1.82) is 0 Å². The Kier molecular flexibility index (Phi) is 2.72. The maximum Gasteiger partial charge on any atom is 0.224 e. The van der Waals surface area contributed by atoms with Crippen molar-refractivity contribution in [3.05, 3.63) is 17.7 Å². The number of rotatable bonds is 2. The largest absolute Gasteiger partial charge is 0.310 e. The fourth-order valence-electron chi connectivity index (χ4n) is 2.35. The van der Waals surface area contributed by atoms with Gasteiger partial charge in [0.2, 0.25) is 5.28 Å². The zero-order valence-electron chi connectivity index (χ0n) is 9.60. The average molecular weight is 252 g/mol. The minimum atomic E-state index is 0.270. The molecule has 5 nitrogen and oxygen atoms in total. The molecule has 1 aliphatic rings. The van der Waals surface area contributed by atoms with E-state index in [2.05, 4.69) is 27.3 Å². The summed E-state index contributed by atoms with van der Waals surface area (Å²) >= 11 is 5.81. The number of nitrogens with one attached hydrogen (secondary N) is 1. The molecule has 1 saturated heterocycles. The Labute approximate surface area is 104 Å². The molecule has 0 aliphatic carbocycles. The van der Waals surface area contributed by atoms with Crippen molar-refractivity contribution >= 4 is 22.6 Å². The van der Waals surface area contributed by atoms with Crippen molar-refractivity contribution in [2.75, 3.05) is 0 Å². The fraction of sp³-hybridized carbons (Fsp3) is 0.545. The van der Waals surface area contributed by atoms with E-state index >= 15 is 0 Å². The molecule has 0 aromatic carbocycles. The molecule has 1 fully saturated rings. The van der Waals surface area contributed by atoms with Crippen molar-refractivity contribution in [3.63, 3.8) is 0 Å². The smallest absolute Gasteiger partial charge is 0.224 e. The molecule has 6 heteroatoms. The van der Waals surface area contributed by atoms with E-state index in [9.17, 15) is 0 Å². The maximum atomic E-state index is 5.81. The van der Waals surface area contributed by atoms with E-state index in [0.29, 0.717) is 12.1 Å². The van der Waals surface area contributed by atoms with Gasteiger partial charge in [-0.3, -0.25) is 0 Å². The lowest BCUT2D eigenvalue weighted by atomic mass is 10.2. The number of hydrogen-bond donors (Lipinski definition) is 1. The van der Waals surface area contributed by atoms with Crippen LogP contribution in [0.15, 0.2) is 12.4 Å². The molecule has 0 saturated carbocycles. The number of fused-ring (bicyclic) bond motifs is 1. The molecule has 1 aliphatic heterocycles. The lowest BCUT2D eigenvalue weighted by Crippen LogP contribution is -2.31. The molecule has 2 atom stereocenters. The van der Waals surface area contributed by atoms with E-state index in [0.717, 1.165) is 17.6 Å². The van der Waals surface area contributed by atoms with Gasteiger partial charge in [-0.2, -0.15) is 10.1 Å². The highest BCUT2D eigenvalue weighted by molar-refractivity contribution is 6.28. The van der Waals surface area contributed by atoms with Gasteiger partial charge in [-0.1, -0.05) is 0 Å². The Morgan fingerprint density at radius 1 is 1.47 bits per heavy atom. The van der Waals surface area contributed by atoms with E-state index in [1.54, 1.807) is 12.4 Å². The van der Waals surface area contributed by atoms with Crippen LogP contribution in [0.1, 0.15) is 19.8 Å². The Hall–Kier alpha value is -1.20. The quantitative estimate of drug-likeness (QED) is 0.825. The first-order valence-electron chi connectivity index (χ1n) is 5.82. The van der Waals surface area contributed by atoms with Crippen LogP contribution < -0.4 is 5.32 Å². The van der Waals surface area contributed by atoms with Crippen LogP contribution >= 0.6 is 11.6 Å². The Morgan fingerprint density at radius 3 is 3.12 bits per heavy atom. The molecule has 0 radical (unpaired) electrons. The average Bonchev–Trinajstić information content (AvgIpc) is 2.87. The molecule has 17 heavy (non-hydrogen) atoms. The first-order valence-corrected chi connectivity index (χ1v) is 6.20. The predicted molar refractivity (Wildman–Crippen MR) is 66.0 cm³/mol. The molecule has 1 N–H and O–H groups in total. The maximum absolute atomic E-state index is 5.81. The van der Waals surface area contributed by atoms with Crippen LogP contribution in [0.2, 0.25) is 5.28 Å². The number of hydrogen-bond acceptors (Lipinski definition) is 4. The van der Waals surface area contributed by atoms with Gasteiger partial charge in [0, 0.05) is 18.3 Å². The normalized spacial score (nSPS) is 24.6. The monoisotopic (exact) mass is 251 g/mol. The summed E-state index contributed by atoms with van der Waals surface area (Å²) in [6, 6.07) is 1.07. The summed E-state index contributed by atoms with van der Waals surface area (Å²) in [5.41, 5.74) is 0.811. The molecular formula is C11H14ClN5. The van der Waals surface area contributed by atoms with Crippen LogP contribution in [-0.2, 0) is 6.54 Å². The van der Waals surface area contributed by atoms with E-state index < -0.39 is 0 Å². The summed E-state index contributed by atoms with van der Waals surface area (Å²) in [5.74, 6) is 0. The molecular weight excluding hydrogens is 238 g/mol. The highest BCUT2D eigenvalue weighted by atomic mass is 35.5. The molecule has 0 bridgehead atoms. The van der Waals surface area contributed by atoms with E-state index in [1.807, 2.05) is 4.68 Å². The molecule has 2 aromatic rings. The van der Waals surface area contributed by atoms with Gasteiger partial charge < -0.3 is 5.32 Å². The standard InChI is InChI=1S/C11H14ClN5/c1-7-2-3-9(15-7)6-17-10-8(5-14-17)4-13-11(12)16-10/h4-5,7,9,15H,2-3,6H2,1H3/t7-,9-/m0/s1. The van der Waals surface area contributed by atoms with Gasteiger partial charge in [0.15, 0.2) is 5.65 Å². The van der Waals surface area contributed by atoms with Gasteiger partial charge in [-0.05, 0) is 31.4 Å². The first-order chi connectivity index (χ1) is 8.22. The van der Waals surface area contributed by atoms with Gasteiger partial charge in [0.25, 0.3) is 0 Å². The number of nitrogens with zero attached hydrogens (tertiary/aromatic N) is 4. The zero-order valence-corrected chi connectivity index (χ0v) is 10.4. The van der Waals surface area contributed by atoms with Crippen LogP contribution in [-0.4, -0.2) is 31.8 Å². The lowest BCUT2D eigenvalue weighted by molar-refractivity contribution is 0.467. The van der Waals surface area contributed by atoms with Crippen LogP contribution in [0.5, 0.6) is 0 Å². The van der Waals surface area contributed by atoms with Crippen molar-refractivity contribution < 1.29 is 0 Å². The van der Waals surface area contributed by atoms with Gasteiger partial charge in [-0.15, -0.1) is 0 Å². The molecule has 3 rings (SSSR count). The summed E-state index contributed by atoms with van der Waals surface area (Å²) in [7, 11) is 0. The number of aromatic nitrogens is 4. The highest BCUT2D eigenvalue weighted by Crippen LogP contribution is 2.17. The fourth-order valence-corrected chi connectivity index (χ4v) is 2.48. The van der Waals surface area contributed by atoms with Crippen molar-refractivity contribution in [3.8, 4) is 0 Å². The summed E-state index contributed by atoms with van der Waals surface area (Å²) in [6.07, 6.45) is 5.89. The van der Waals surface area contributed by atoms with E-state index in [-0.39, 0.29) is 5.28 Å².